The van der Waals surface area contributed by atoms with Crippen molar-refractivity contribution in [2.24, 2.45) is 0 Å². The Morgan fingerprint density at radius 3 is 2.82 bits per heavy atom. The summed E-state index contributed by atoms with van der Waals surface area (Å²) in [6.07, 6.45) is -3.94. The molecule has 7 heteroatoms. The third-order valence-electron chi connectivity index (χ3n) is 1.80. The highest BCUT2D eigenvalue weighted by Crippen LogP contribution is 2.14. The van der Waals surface area contributed by atoms with E-state index < -0.39 is 12.8 Å². The maximum atomic E-state index is 11.7. The number of alkyl halides is 3. The van der Waals surface area contributed by atoms with Crippen molar-refractivity contribution in [1.29, 1.82) is 0 Å². The maximum Gasteiger partial charge on any atom is 0.411 e. The molecule has 96 valence electrons. The summed E-state index contributed by atoms with van der Waals surface area (Å²) >= 11 is 1.41. The quantitative estimate of drug-likeness (QED) is 0.804. The van der Waals surface area contributed by atoms with E-state index in [4.69, 9.17) is 0 Å². The molecule has 1 N–H and O–H groups in total. The van der Waals surface area contributed by atoms with Crippen molar-refractivity contribution in [3.8, 4) is 0 Å². The molecule has 0 bridgehead atoms. The Morgan fingerprint density at radius 1 is 1.47 bits per heavy atom. The van der Waals surface area contributed by atoms with Crippen LogP contribution < -0.4 is 5.32 Å². The molecular weight excluding hydrogens is 255 g/mol. The van der Waals surface area contributed by atoms with E-state index in [2.05, 4.69) is 10.1 Å². The fourth-order valence-corrected chi connectivity index (χ4v) is 1.70. The number of ether oxygens (including phenoxy) is 1. The Morgan fingerprint density at radius 2 is 2.24 bits per heavy atom. The van der Waals surface area contributed by atoms with E-state index in [-0.39, 0.29) is 12.5 Å². The minimum atomic E-state index is -4.29. The summed E-state index contributed by atoms with van der Waals surface area (Å²) in [5.74, 6) is -0.220. The van der Waals surface area contributed by atoms with Crippen LogP contribution in [0.5, 0.6) is 0 Å². The smallest absolute Gasteiger partial charge is 0.372 e. The Hall–Kier alpha value is -1.08. The molecule has 17 heavy (non-hydrogen) atoms. The van der Waals surface area contributed by atoms with Crippen molar-refractivity contribution in [3.63, 3.8) is 0 Å². The number of halogens is 3. The van der Waals surface area contributed by atoms with E-state index >= 15 is 0 Å². The Kier molecular flexibility index (Phi) is 5.43. The van der Waals surface area contributed by atoms with Crippen molar-refractivity contribution in [2.75, 3.05) is 19.8 Å². The van der Waals surface area contributed by atoms with Crippen LogP contribution in [0.4, 0.5) is 13.2 Å². The zero-order chi connectivity index (χ0) is 12.7. The molecule has 0 aromatic carbocycles. The fourth-order valence-electron chi connectivity index (χ4n) is 1.06. The van der Waals surface area contributed by atoms with E-state index in [0.717, 1.165) is 0 Å². The van der Waals surface area contributed by atoms with Crippen molar-refractivity contribution in [1.82, 2.24) is 5.32 Å². The van der Waals surface area contributed by atoms with Crippen LogP contribution in [0, 0.1) is 0 Å². The number of hydrogen-bond donors (Lipinski definition) is 1. The van der Waals surface area contributed by atoms with Crippen LogP contribution in [-0.4, -0.2) is 31.8 Å². The number of carbonyl (C=O) groups is 1. The molecule has 0 spiro atoms. The largest absolute Gasteiger partial charge is 0.411 e. The highest BCUT2D eigenvalue weighted by molar-refractivity contribution is 7.08. The van der Waals surface area contributed by atoms with Gasteiger partial charge in [0.1, 0.15) is 6.61 Å². The highest BCUT2D eigenvalue weighted by atomic mass is 32.1. The fraction of sp³-hybridized carbons (Fsp3) is 0.500. The van der Waals surface area contributed by atoms with Crippen molar-refractivity contribution >= 4 is 17.2 Å². The second kappa shape index (κ2) is 6.61. The van der Waals surface area contributed by atoms with Crippen LogP contribution in [0.3, 0.4) is 0 Å². The van der Waals surface area contributed by atoms with Crippen LogP contribution >= 0.6 is 11.3 Å². The van der Waals surface area contributed by atoms with Gasteiger partial charge in [-0.3, -0.25) is 4.79 Å². The Labute approximate surface area is 101 Å². The summed E-state index contributed by atoms with van der Waals surface area (Å²) in [5.41, 5.74) is 0.561. The Bertz CT molecular complexity index is 338. The Balaban J connectivity index is 2.03. The molecule has 0 saturated heterocycles. The predicted octanol–water partition coefficient (Wildman–Crippen LogP) is 2.45. The summed E-state index contributed by atoms with van der Waals surface area (Å²) in [6, 6.07) is 1.68. The molecule has 0 aliphatic carbocycles. The summed E-state index contributed by atoms with van der Waals surface area (Å²) in [4.78, 5) is 11.4. The van der Waals surface area contributed by atoms with Gasteiger partial charge in [-0.2, -0.15) is 24.5 Å². The third kappa shape index (κ3) is 6.28. The molecule has 1 aromatic heterocycles. The van der Waals surface area contributed by atoms with Gasteiger partial charge in [-0.15, -0.1) is 0 Å². The average molecular weight is 267 g/mol. The number of rotatable bonds is 6. The van der Waals surface area contributed by atoms with Crippen LogP contribution in [-0.2, 0) is 4.74 Å². The first kappa shape index (κ1) is 14.0. The van der Waals surface area contributed by atoms with Crippen LogP contribution in [0.1, 0.15) is 16.8 Å². The summed E-state index contributed by atoms with van der Waals surface area (Å²) in [7, 11) is 0. The molecule has 1 amide bonds. The van der Waals surface area contributed by atoms with Gasteiger partial charge >= 0.3 is 6.18 Å². The second-order valence-corrected chi connectivity index (χ2v) is 4.07. The van der Waals surface area contributed by atoms with E-state index in [1.807, 2.05) is 0 Å². The molecule has 0 aliphatic heterocycles. The zero-order valence-corrected chi connectivity index (χ0v) is 9.74. The molecule has 0 aliphatic rings. The molecule has 1 rings (SSSR count). The number of hydrogen-bond acceptors (Lipinski definition) is 3. The summed E-state index contributed by atoms with van der Waals surface area (Å²) < 4.78 is 39.5. The van der Waals surface area contributed by atoms with Gasteiger partial charge in [-0.05, 0) is 17.9 Å². The first-order chi connectivity index (χ1) is 7.99. The topological polar surface area (TPSA) is 38.3 Å². The van der Waals surface area contributed by atoms with E-state index in [9.17, 15) is 18.0 Å². The number of thiophene rings is 1. The minimum Gasteiger partial charge on any atom is -0.372 e. The maximum absolute atomic E-state index is 11.7. The molecule has 0 saturated carbocycles. The van der Waals surface area contributed by atoms with E-state index in [1.54, 1.807) is 16.8 Å². The van der Waals surface area contributed by atoms with Gasteiger partial charge in [-0.25, -0.2) is 0 Å². The van der Waals surface area contributed by atoms with Crippen molar-refractivity contribution in [3.05, 3.63) is 22.4 Å². The lowest BCUT2D eigenvalue weighted by atomic mass is 10.3. The lowest BCUT2D eigenvalue weighted by molar-refractivity contribution is -0.173. The average Bonchev–Trinajstić information content (AvgIpc) is 2.74. The van der Waals surface area contributed by atoms with Crippen molar-refractivity contribution in [2.45, 2.75) is 12.6 Å². The van der Waals surface area contributed by atoms with Gasteiger partial charge in [0.05, 0.1) is 0 Å². The zero-order valence-electron chi connectivity index (χ0n) is 8.92. The lowest BCUT2D eigenvalue weighted by Gasteiger charge is -2.07. The van der Waals surface area contributed by atoms with Gasteiger partial charge < -0.3 is 10.1 Å². The van der Waals surface area contributed by atoms with Gasteiger partial charge in [0.2, 0.25) is 0 Å². The van der Waals surface area contributed by atoms with Crippen LogP contribution in [0.2, 0.25) is 0 Å². The lowest BCUT2D eigenvalue weighted by Crippen LogP contribution is -2.25. The number of carbonyl (C=O) groups excluding carboxylic acids is 1. The summed E-state index contributed by atoms with van der Waals surface area (Å²) in [5, 5.41) is 6.07. The molecule has 0 fully saturated rings. The van der Waals surface area contributed by atoms with Crippen molar-refractivity contribution < 1.29 is 22.7 Å². The van der Waals surface area contributed by atoms with Gasteiger partial charge in [0, 0.05) is 24.1 Å². The molecule has 3 nitrogen and oxygen atoms in total. The first-order valence-electron chi connectivity index (χ1n) is 4.94. The predicted molar refractivity (Wildman–Crippen MR) is 58.1 cm³/mol. The van der Waals surface area contributed by atoms with Crippen LogP contribution in [0.15, 0.2) is 16.8 Å². The monoisotopic (exact) mass is 267 g/mol. The molecule has 1 heterocycles. The standard InChI is InChI=1S/C10H12F3NO2S/c11-10(12,13)7-16-4-1-3-14-9(15)8-2-5-17-6-8/h2,5-6H,1,3-4,7H2,(H,14,15). The van der Waals surface area contributed by atoms with E-state index in [0.29, 0.717) is 18.5 Å². The molecular formula is C10H12F3NO2S. The number of nitrogens with one attached hydrogen (secondary N) is 1. The molecule has 1 aromatic rings. The van der Waals surface area contributed by atoms with Gasteiger partial charge in [0.15, 0.2) is 0 Å². The number of amides is 1. The normalized spacial score (nSPS) is 11.5. The third-order valence-corrected chi connectivity index (χ3v) is 2.48. The van der Waals surface area contributed by atoms with Gasteiger partial charge in [0.25, 0.3) is 5.91 Å². The first-order valence-corrected chi connectivity index (χ1v) is 5.88. The highest BCUT2D eigenvalue weighted by Gasteiger charge is 2.27. The van der Waals surface area contributed by atoms with Crippen LogP contribution in [0.25, 0.3) is 0 Å². The molecule has 0 unspecified atom stereocenters. The summed E-state index contributed by atoms with van der Waals surface area (Å²) in [6.45, 7) is -0.971. The second-order valence-electron chi connectivity index (χ2n) is 3.29. The SMILES string of the molecule is O=C(NCCCOCC(F)(F)F)c1ccsc1. The minimum absolute atomic E-state index is 0.0244. The molecule has 0 atom stereocenters. The van der Waals surface area contributed by atoms with E-state index in [1.165, 1.54) is 11.3 Å². The van der Waals surface area contributed by atoms with Gasteiger partial charge in [-0.1, -0.05) is 0 Å². The molecule has 0 radical (unpaired) electrons.